The first-order chi connectivity index (χ1) is 7.65. The number of nitrogens with zero attached hydrogens (tertiary/aromatic N) is 4. The van der Waals surface area contributed by atoms with Crippen molar-refractivity contribution in [3.63, 3.8) is 0 Å². The highest BCUT2D eigenvalue weighted by atomic mass is 35.5. The summed E-state index contributed by atoms with van der Waals surface area (Å²) in [5.41, 5.74) is 5.21. The van der Waals surface area contributed by atoms with Crippen LogP contribution >= 0.6 is 34.3 Å². The van der Waals surface area contributed by atoms with E-state index in [2.05, 4.69) is 9.97 Å². The molecule has 2 rings (SSSR count). The van der Waals surface area contributed by atoms with E-state index >= 15 is 0 Å². The Balaban J connectivity index is 0.000000160. The lowest BCUT2D eigenvalue weighted by Gasteiger charge is -1.68. The lowest BCUT2D eigenvalue weighted by atomic mass is 10.6. The molecule has 5 nitrogen and oxygen atoms in total. The Morgan fingerprint density at radius 2 is 1.69 bits per heavy atom. The van der Waals surface area contributed by atoms with Gasteiger partial charge in [0.1, 0.15) is 21.9 Å². The van der Waals surface area contributed by atoms with Gasteiger partial charge in [-0.15, -0.1) is 0 Å². The van der Waals surface area contributed by atoms with Gasteiger partial charge >= 0.3 is 0 Å². The number of hydrogen-bond donors (Lipinski definition) is 1. The fraction of sp³-hybridized carbons (Fsp3) is 0. The zero-order valence-electron chi connectivity index (χ0n) is 7.72. The third-order valence-corrected chi connectivity index (χ3v) is 2.97. The fourth-order valence-corrected chi connectivity index (χ4v) is 1.86. The van der Waals surface area contributed by atoms with E-state index in [1.165, 1.54) is 35.1 Å². The molecular weight excluding hydrogens is 266 g/mol. The maximum Gasteiger partial charge on any atom is 0.184 e. The maximum atomic E-state index is 8.22. The molecule has 80 valence electrons. The van der Waals surface area contributed by atoms with E-state index in [1.54, 1.807) is 0 Å². The Morgan fingerprint density at radius 3 is 1.94 bits per heavy atom. The molecule has 2 aromatic rings. The second-order valence-corrected chi connectivity index (χ2v) is 4.94. The minimum absolute atomic E-state index is 0.418. The van der Waals surface area contributed by atoms with Gasteiger partial charge in [-0.25, -0.2) is 9.97 Å². The number of halogens is 1. The number of nitriles is 2. The molecule has 0 aliphatic rings. The van der Waals surface area contributed by atoms with Crippen LogP contribution in [0.5, 0.6) is 0 Å². The lowest BCUT2D eigenvalue weighted by molar-refractivity contribution is 1.40. The highest BCUT2D eigenvalue weighted by Crippen LogP contribution is 2.15. The number of nitrogens with two attached hydrogens (primary N) is 1. The summed E-state index contributed by atoms with van der Waals surface area (Å²) in [5.74, 6) is 0. The summed E-state index contributed by atoms with van der Waals surface area (Å²) in [7, 11) is 0. The molecule has 0 radical (unpaired) electrons. The Kier molecular flexibility index (Phi) is 4.67. The second-order valence-electron chi connectivity index (χ2n) is 2.26. The summed E-state index contributed by atoms with van der Waals surface area (Å²) < 4.78 is 0.418. The van der Waals surface area contributed by atoms with Crippen LogP contribution in [0.25, 0.3) is 0 Å². The average molecular weight is 270 g/mol. The van der Waals surface area contributed by atoms with Crippen LogP contribution in [-0.2, 0) is 0 Å². The molecule has 2 aromatic heterocycles. The van der Waals surface area contributed by atoms with Crippen molar-refractivity contribution in [3.8, 4) is 12.1 Å². The topological polar surface area (TPSA) is 99.4 Å². The Labute approximate surface area is 104 Å². The normalized spacial score (nSPS) is 8.44. The van der Waals surface area contributed by atoms with E-state index in [9.17, 15) is 0 Å². The zero-order chi connectivity index (χ0) is 12.0. The van der Waals surface area contributed by atoms with Crippen molar-refractivity contribution in [2.45, 2.75) is 0 Å². The van der Waals surface area contributed by atoms with Gasteiger partial charge in [-0.2, -0.15) is 10.5 Å². The van der Waals surface area contributed by atoms with Crippen LogP contribution in [0.1, 0.15) is 9.75 Å². The standard InChI is InChI=1S/C4HClN2S.C4H3N3S/c5-4-7-2-3(1-6)8-4;5-1-3-2-7-4(6)8-3/h2H;2H,(H2,6,7). The van der Waals surface area contributed by atoms with E-state index in [0.29, 0.717) is 19.4 Å². The van der Waals surface area contributed by atoms with Gasteiger partial charge in [0.25, 0.3) is 0 Å². The first kappa shape index (κ1) is 12.4. The smallest absolute Gasteiger partial charge is 0.184 e. The van der Waals surface area contributed by atoms with E-state index in [0.717, 1.165) is 0 Å². The van der Waals surface area contributed by atoms with Gasteiger partial charge < -0.3 is 5.73 Å². The predicted octanol–water partition coefficient (Wildman–Crippen LogP) is 2.27. The predicted molar refractivity (Wildman–Crippen MR) is 63.1 cm³/mol. The molecule has 0 aromatic carbocycles. The van der Waals surface area contributed by atoms with Crippen LogP contribution in [0.4, 0.5) is 5.13 Å². The molecule has 0 fully saturated rings. The molecule has 8 heteroatoms. The molecule has 0 saturated carbocycles. The number of hydrogen-bond acceptors (Lipinski definition) is 7. The lowest BCUT2D eigenvalue weighted by Crippen LogP contribution is -1.77. The Hall–Kier alpha value is -1.67. The van der Waals surface area contributed by atoms with Crippen molar-refractivity contribution >= 4 is 39.4 Å². The van der Waals surface area contributed by atoms with Crippen molar-refractivity contribution in [2.75, 3.05) is 5.73 Å². The van der Waals surface area contributed by atoms with Gasteiger partial charge in [-0.3, -0.25) is 0 Å². The van der Waals surface area contributed by atoms with Crippen LogP contribution in [0.2, 0.25) is 4.47 Å². The first-order valence-corrected chi connectivity index (χ1v) is 5.79. The molecule has 0 unspecified atom stereocenters. The van der Waals surface area contributed by atoms with E-state index in [-0.39, 0.29) is 0 Å². The molecule has 2 heterocycles. The van der Waals surface area contributed by atoms with Crippen LogP contribution in [-0.4, -0.2) is 9.97 Å². The quantitative estimate of drug-likeness (QED) is 0.791. The van der Waals surface area contributed by atoms with Crippen LogP contribution < -0.4 is 5.73 Å². The van der Waals surface area contributed by atoms with Crippen molar-refractivity contribution in [3.05, 3.63) is 26.6 Å². The van der Waals surface area contributed by atoms with E-state index < -0.39 is 0 Å². The first-order valence-electron chi connectivity index (χ1n) is 3.78. The molecule has 0 atom stereocenters. The van der Waals surface area contributed by atoms with Gasteiger partial charge in [0.2, 0.25) is 0 Å². The van der Waals surface area contributed by atoms with Crippen molar-refractivity contribution < 1.29 is 0 Å². The van der Waals surface area contributed by atoms with Gasteiger partial charge in [-0.1, -0.05) is 34.3 Å². The highest BCUT2D eigenvalue weighted by molar-refractivity contribution is 7.16. The molecule has 2 N–H and O–H groups in total. The molecule has 0 bridgehead atoms. The summed E-state index contributed by atoms with van der Waals surface area (Å²) in [5, 5.41) is 16.9. The minimum atomic E-state index is 0.418. The fourth-order valence-electron chi connectivity index (χ4n) is 0.644. The number of aromatic nitrogens is 2. The summed E-state index contributed by atoms with van der Waals surface area (Å²) in [6, 6.07) is 3.84. The van der Waals surface area contributed by atoms with Crippen molar-refractivity contribution in [1.29, 1.82) is 10.5 Å². The van der Waals surface area contributed by atoms with Gasteiger partial charge in [0.15, 0.2) is 9.60 Å². The minimum Gasteiger partial charge on any atom is -0.375 e. The molecule has 0 spiro atoms. The molecule has 0 aliphatic carbocycles. The van der Waals surface area contributed by atoms with Gasteiger partial charge in [-0.05, 0) is 0 Å². The summed E-state index contributed by atoms with van der Waals surface area (Å²) in [6.45, 7) is 0. The third-order valence-electron chi connectivity index (χ3n) is 1.22. The third kappa shape index (κ3) is 3.83. The Morgan fingerprint density at radius 1 is 1.12 bits per heavy atom. The largest absolute Gasteiger partial charge is 0.375 e. The Bertz CT molecular complexity index is 497. The van der Waals surface area contributed by atoms with Crippen molar-refractivity contribution in [1.82, 2.24) is 9.97 Å². The van der Waals surface area contributed by atoms with Crippen LogP contribution in [0, 0.1) is 22.7 Å². The highest BCUT2D eigenvalue weighted by Gasteiger charge is 1.94. The van der Waals surface area contributed by atoms with Crippen LogP contribution in [0.15, 0.2) is 12.4 Å². The van der Waals surface area contributed by atoms with E-state index in [4.69, 9.17) is 27.9 Å². The number of thiazole rings is 2. The maximum absolute atomic E-state index is 8.22. The number of nitrogen functional groups attached to an aromatic ring is 1. The molecule has 0 aliphatic heterocycles. The van der Waals surface area contributed by atoms with Crippen molar-refractivity contribution in [2.24, 2.45) is 0 Å². The summed E-state index contributed by atoms with van der Waals surface area (Å²) in [6.07, 6.45) is 2.91. The number of rotatable bonds is 0. The monoisotopic (exact) mass is 269 g/mol. The summed E-state index contributed by atoms with van der Waals surface area (Å²) in [4.78, 5) is 8.42. The van der Waals surface area contributed by atoms with Gasteiger partial charge in [0, 0.05) is 0 Å². The SMILES string of the molecule is N#Cc1cnc(Cl)s1.N#Cc1cnc(N)s1. The summed E-state index contributed by atoms with van der Waals surface area (Å²) >= 11 is 7.77. The number of anilines is 1. The van der Waals surface area contributed by atoms with Gasteiger partial charge in [0.05, 0.1) is 12.4 Å². The molecule has 0 saturated heterocycles. The zero-order valence-corrected chi connectivity index (χ0v) is 10.1. The average Bonchev–Trinajstić information content (AvgIpc) is 2.88. The second kappa shape index (κ2) is 6.03. The van der Waals surface area contributed by atoms with Crippen LogP contribution in [0.3, 0.4) is 0 Å². The molecule has 16 heavy (non-hydrogen) atoms. The molecular formula is C8H4ClN5S2. The molecule has 0 amide bonds. The van der Waals surface area contributed by atoms with E-state index in [1.807, 2.05) is 12.1 Å².